The van der Waals surface area contributed by atoms with Gasteiger partial charge < -0.3 is 9.15 Å². The minimum absolute atomic E-state index is 0.247. The van der Waals surface area contributed by atoms with Gasteiger partial charge in [0.2, 0.25) is 5.89 Å². The van der Waals surface area contributed by atoms with Crippen LogP contribution in [0.15, 0.2) is 35.1 Å². The van der Waals surface area contributed by atoms with E-state index in [0.717, 1.165) is 31.8 Å². The summed E-state index contributed by atoms with van der Waals surface area (Å²) in [5, 5.41) is 8.43. The molecule has 2 aromatic heterocycles. The van der Waals surface area contributed by atoms with Crippen LogP contribution in [0.3, 0.4) is 0 Å². The molecule has 1 aliphatic carbocycles. The van der Waals surface area contributed by atoms with Crippen LogP contribution in [0.1, 0.15) is 47.8 Å². The van der Waals surface area contributed by atoms with Crippen LogP contribution in [0.5, 0.6) is 5.75 Å². The molecule has 1 aromatic carbocycles. The summed E-state index contributed by atoms with van der Waals surface area (Å²) in [6.45, 7) is 2.80. The van der Waals surface area contributed by atoms with Crippen molar-refractivity contribution in [3.63, 3.8) is 0 Å². The lowest BCUT2D eigenvalue weighted by Crippen LogP contribution is -2.20. The number of methoxy groups -OCH3 is 1. The molecule has 3 heterocycles. The van der Waals surface area contributed by atoms with Gasteiger partial charge in [0, 0.05) is 31.0 Å². The molecular weight excluding hydrogens is 366 g/mol. The zero-order valence-corrected chi connectivity index (χ0v) is 16.7. The third-order valence-electron chi connectivity index (χ3n) is 5.98. The Bertz CT molecular complexity index is 988. The fourth-order valence-corrected chi connectivity index (χ4v) is 4.46. The van der Waals surface area contributed by atoms with Gasteiger partial charge in [0.05, 0.1) is 19.2 Å². The van der Waals surface area contributed by atoms with E-state index in [9.17, 15) is 0 Å². The van der Waals surface area contributed by atoms with Gasteiger partial charge in [-0.3, -0.25) is 9.88 Å². The highest BCUT2D eigenvalue weighted by molar-refractivity contribution is 5.44. The molecule has 29 heavy (non-hydrogen) atoms. The summed E-state index contributed by atoms with van der Waals surface area (Å²) in [6, 6.07) is 4.61. The maximum absolute atomic E-state index is 5.90. The molecule has 0 unspecified atom stereocenters. The second-order valence-corrected chi connectivity index (χ2v) is 7.90. The summed E-state index contributed by atoms with van der Waals surface area (Å²) in [5.41, 5.74) is 4.84. The summed E-state index contributed by atoms with van der Waals surface area (Å²) >= 11 is 0. The van der Waals surface area contributed by atoms with Crippen molar-refractivity contribution in [2.75, 3.05) is 20.2 Å². The molecule has 1 aliphatic heterocycles. The van der Waals surface area contributed by atoms with Crippen molar-refractivity contribution >= 4 is 0 Å². The normalized spacial score (nSPS) is 19.3. The van der Waals surface area contributed by atoms with E-state index in [1.807, 2.05) is 0 Å². The summed E-state index contributed by atoms with van der Waals surface area (Å²) in [4.78, 5) is 10.7. The lowest BCUT2D eigenvalue weighted by molar-refractivity contribution is 0.311. The number of likely N-dealkylation sites (tertiary alicyclic amines) is 1. The van der Waals surface area contributed by atoms with Gasteiger partial charge in [-0.25, -0.2) is 4.98 Å². The molecule has 0 bridgehead atoms. The summed E-state index contributed by atoms with van der Waals surface area (Å²) in [5.74, 6) is 2.38. The van der Waals surface area contributed by atoms with E-state index < -0.39 is 0 Å². The standard InChI is InChI=1S/C22H25N5O2/c1-28-20-11-16-5-3-2-4-15(16)10-18(20)14-27-9-6-17(13-27)21-25-26-22(29-21)19-12-23-7-8-24-19/h7-8,10-12,17H,2-6,9,13-14H2,1H3/t17-/m0/s1. The van der Waals surface area contributed by atoms with Crippen molar-refractivity contribution in [3.05, 3.63) is 53.3 Å². The molecule has 0 N–H and O–H groups in total. The summed E-state index contributed by atoms with van der Waals surface area (Å²) < 4.78 is 11.6. The van der Waals surface area contributed by atoms with Crippen LogP contribution in [0, 0.1) is 0 Å². The fourth-order valence-electron chi connectivity index (χ4n) is 4.46. The van der Waals surface area contributed by atoms with Gasteiger partial charge in [-0.1, -0.05) is 6.07 Å². The van der Waals surface area contributed by atoms with Gasteiger partial charge in [-0.2, -0.15) is 0 Å². The molecule has 0 amide bonds. The van der Waals surface area contributed by atoms with E-state index in [0.29, 0.717) is 17.5 Å². The number of benzene rings is 1. The maximum Gasteiger partial charge on any atom is 0.267 e. The molecule has 1 atom stereocenters. The van der Waals surface area contributed by atoms with Crippen molar-refractivity contribution < 1.29 is 9.15 Å². The van der Waals surface area contributed by atoms with E-state index in [1.165, 1.54) is 42.4 Å². The highest BCUT2D eigenvalue weighted by Gasteiger charge is 2.29. The largest absolute Gasteiger partial charge is 0.496 e. The van der Waals surface area contributed by atoms with Gasteiger partial charge in [0.15, 0.2) is 0 Å². The summed E-state index contributed by atoms with van der Waals surface area (Å²) in [6.07, 6.45) is 10.8. The van der Waals surface area contributed by atoms with Crippen molar-refractivity contribution in [3.8, 4) is 17.3 Å². The van der Waals surface area contributed by atoms with Gasteiger partial charge in [-0.05, 0) is 55.8 Å². The van der Waals surface area contributed by atoms with Crippen molar-refractivity contribution in [1.29, 1.82) is 0 Å². The molecule has 1 fully saturated rings. The van der Waals surface area contributed by atoms with Gasteiger partial charge >= 0.3 is 0 Å². The van der Waals surface area contributed by atoms with Crippen molar-refractivity contribution in [2.45, 2.75) is 44.6 Å². The van der Waals surface area contributed by atoms with E-state index in [4.69, 9.17) is 9.15 Å². The highest BCUT2D eigenvalue weighted by atomic mass is 16.5. The molecule has 7 heteroatoms. The average Bonchev–Trinajstić information content (AvgIpc) is 3.43. The number of hydrogen-bond acceptors (Lipinski definition) is 7. The lowest BCUT2D eigenvalue weighted by atomic mass is 9.90. The van der Waals surface area contributed by atoms with Crippen LogP contribution >= 0.6 is 0 Å². The first-order valence-electron chi connectivity index (χ1n) is 10.3. The Kier molecular flexibility index (Phi) is 4.97. The second-order valence-electron chi connectivity index (χ2n) is 7.90. The van der Waals surface area contributed by atoms with Crippen LogP contribution in [0.25, 0.3) is 11.6 Å². The predicted molar refractivity (Wildman–Crippen MR) is 108 cm³/mol. The average molecular weight is 391 g/mol. The third kappa shape index (κ3) is 3.74. The number of nitrogens with zero attached hydrogens (tertiary/aromatic N) is 5. The van der Waals surface area contributed by atoms with Crippen LogP contribution < -0.4 is 4.74 Å². The van der Waals surface area contributed by atoms with Crippen LogP contribution in [0.4, 0.5) is 0 Å². The van der Waals surface area contributed by atoms with E-state index in [2.05, 4.69) is 37.2 Å². The molecular formula is C22H25N5O2. The highest BCUT2D eigenvalue weighted by Crippen LogP contribution is 2.33. The Morgan fingerprint density at radius 3 is 2.79 bits per heavy atom. The molecule has 0 spiro atoms. The van der Waals surface area contributed by atoms with Gasteiger partial charge in [0.1, 0.15) is 11.4 Å². The molecule has 2 aliphatic rings. The molecule has 5 rings (SSSR count). The first kappa shape index (κ1) is 18.2. The molecule has 7 nitrogen and oxygen atoms in total. The van der Waals surface area contributed by atoms with E-state index >= 15 is 0 Å². The van der Waals surface area contributed by atoms with Crippen molar-refractivity contribution in [2.24, 2.45) is 0 Å². The van der Waals surface area contributed by atoms with E-state index in [-0.39, 0.29) is 5.92 Å². The molecule has 1 saturated heterocycles. The quantitative estimate of drug-likeness (QED) is 0.660. The van der Waals surface area contributed by atoms with Crippen LogP contribution in [-0.4, -0.2) is 45.3 Å². The van der Waals surface area contributed by atoms with Gasteiger partial charge in [0.25, 0.3) is 5.89 Å². The number of hydrogen-bond donors (Lipinski definition) is 0. The number of ether oxygens (including phenoxy) is 1. The van der Waals surface area contributed by atoms with Crippen LogP contribution in [0.2, 0.25) is 0 Å². The molecule has 0 saturated carbocycles. The topological polar surface area (TPSA) is 77.2 Å². The minimum atomic E-state index is 0.247. The Morgan fingerprint density at radius 1 is 1.14 bits per heavy atom. The predicted octanol–water partition coefficient (Wildman–Crippen LogP) is 3.40. The fraction of sp³-hybridized carbons (Fsp3) is 0.455. The Balaban J connectivity index is 1.29. The minimum Gasteiger partial charge on any atom is -0.496 e. The monoisotopic (exact) mass is 391 g/mol. The molecule has 150 valence electrons. The maximum atomic E-state index is 5.90. The smallest absolute Gasteiger partial charge is 0.267 e. The first-order chi connectivity index (χ1) is 14.3. The SMILES string of the molecule is COc1cc2c(cc1CN1CC[C@H](c3nnc(-c4cnccn4)o3)C1)CCCC2. The number of fused-ring (bicyclic) bond motifs is 1. The number of aromatic nitrogens is 4. The third-order valence-corrected chi connectivity index (χ3v) is 5.98. The zero-order chi connectivity index (χ0) is 19.6. The van der Waals surface area contributed by atoms with Gasteiger partial charge in [-0.15, -0.1) is 10.2 Å². The Labute approximate surface area is 170 Å². The van der Waals surface area contributed by atoms with Crippen LogP contribution in [-0.2, 0) is 19.4 Å². The van der Waals surface area contributed by atoms with E-state index in [1.54, 1.807) is 25.7 Å². The zero-order valence-electron chi connectivity index (χ0n) is 16.7. The Morgan fingerprint density at radius 2 is 2.00 bits per heavy atom. The summed E-state index contributed by atoms with van der Waals surface area (Å²) in [7, 11) is 1.77. The lowest BCUT2D eigenvalue weighted by Gasteiger charge is -2.22. The first-order valence-corrected chi connectivity index (χ1v) is 10.3. The number of rotatable bonds is 5. The number of aryl methyl sites for hydroxylation is 2. The molecule has 0 radical (unpaired) electrons. The molecule has 3 aromatic rings. The second kappa shape index (κ2) is 7.91. The Hall–Kier alpha value is -2.80. The van der Waals surface area contributed by atoms with Crippen molar-refractivity contribution in [1.82, 2.24) is 25.1 Å².